The Hall–Kier alpha value is -2.29. The number of hydrazine groups is 1. The fraction of sp³-hybridized carbons (Fsp3) is 0.467. The number of benzene rings is 1. The zero-order valence-corrected chi connectivity index (χ0v) is 15.8. The number of non-ortho nitro benzene ring substituents is 1. The van der Waals surface area contributed by atoms with E-state index in [1.54, 1.807) is 13.8 Å². The maximum Gasteiger partial charge on any atom is 0.415 e. The van der Waals surface area contributed by atoms with E-state index >= 15 is 0 Å². The van der Waals surface area contributed by atoms with E-state index in [0.29, 0.717) is 5.01 Å². The van der Waals surface area contributed by atoms with Crippen molar-refractivity contribution in [2.45, 2.75) is 40.2 Å². The Morgan fingerprint density at radius 2 is 1.65 bits per heavy atom. The molecule has 0 heterocycles. The molecule has 0 aromatic heterocycles. The first-order valence-electron chi connectivity index (χ1n) is 7.82. The average molecular weight is 387 g/mol. The first-order valence-corrected chi connectivity index (χ1v) is 9.44. The molecule has 0 spiro atoms. The summed E-state index contributed by atoms with van der Waals surface area (Å²) in [5.41, 5.74) is -1.65. The molecule has 11 heteroatoms. The first kappa shape index (κ1) is 21.8. The van der Waals surface area contributed by atoms with Gasteiger partial charge >= 0.3 is 13.2 Å². The maximum absolute atomic E-state index is 12.7. The van der Waals surface area contributed by atoms with E-state index in [9.17, 15) is 34.1 Å². The van der Waals surface area contributed by atoms with E-state index in [1.807, 2.05) is 0 Å². The molecular weight excluding hydrogens is 365 g/mol. The number of carbonyl (C=O) groups excluding carboxylic acids is 2. The highest BCUT2D eigenvalue weighted by molar-refractivity contribution is 7.69. The fourth-order valence-electron chi connectivity index (χ4n) is 2.21. The standard InChI is InChI=1S/C15H22N3O7P/c1-10(2)9-14(19)17(12-5-7-13(8-6-12)18(21)22)16(11(3)4)15(20)26(23,24)25/h5-8,10-11H,9H2,1-4H3,(H2,23,24,25). The molecule has 0 radical (unpaired) electrons. The highest BCUT2D eigenvalue weighted by Crippen LogP contribution is 2.40. The summed E-state index contributed by atoms with van der Waals surface area (Å²) in [5.74, 6) is -0.647. The predicted molar refractivity (Wildman–Crippen MR) is 94.5 cm³/mol. The second-order valence-electron chi connectivity index (χ2n) is 6.34. The summed E-state index contributed by atoms with van der Waals surface area (Å²) in [7, 11) is -5.16. The van der Waals surface area contributed by atoms with E-state index in [1.165, 1.54) is 26.0 Å². The molecular formula is C15H22N3O7P. The van der Waals surface area contributed by atoms with E-state index in [0.717, 1.165) is 17.1 Å². The molecule has 0 aliphatic carbocycles. The zero-order valence-electron chi connectivity index (χ0n) is 14.9. The van der Waals surface area contributed by atoms with Crippen molar-refractivity contribution in [3.8, 4) is 0 Å². The van der Waals surface area contributed by atoms with Gasteiger partial charge in [0.25, 0.3) is 5.69 Å². The van der Waals surface area contributed by atoms with Crippen LogP contribution >= 0.6 is 7.60 Å². The molecule has 1 aromatic rings. The van der Waals surface area contributed by atoms with Crippen molar-refractivity contribution in [2.24, 2.45) is 5.92 Å². The largest absolute Gasteiger partial charge is 0.415 e. The quantitative estimate of drug-likeness (QED) is 0.434. The van der Waals surface area contributed by atoms with Gasteiger partial charge < -0.3 is 9.79 Å². The number of rotatable bonds is 6. The van der Waals surface area contributed by atoms with E-state index in [-0.39, 0.29) is 23.7 Å². The third-order valence-corrected chi connectivity index (χ3v) is 3.98. The summed E-state index contributed by atoms with van der Waals surface area (Å²) >= 11 is 0. The Balaban J connectivity index is 3.47. The van der Waals surface area contributed by atoms with Crippen molar-refractivity contribution in [1.82, 2.24) is 5.01 Å². The summed E-state index contributed by atoms with van der Waals surface area (Å²) in [6, 6.07) is 4.04. The molecule has 0 unspecified atom stereocenters. The highest BCUT2D eigenvalue weighted by Gasteiger charge is 2.39. The Bertz CT molecular complexity index is 727. The van der Waals surface area contributed by atoms with Crippen molar-refractivity contribution in [1.29, 1.82) is 0 Å². The summed E-state index contributed by atoms with van der Waals surface area (Å²) in [5, 5.41) is 12.4. The number of nitro groups is 1. The number of hydrogen-bond acceptors (Lipinski definition) is 5. The molecule has 0 atom stereocenters. The first-order chi connectivity index (χ1) is 11.9. The van der Waals surface area contributed by atoms with Crippen LogP contribution in [0.1, 0.15) is 34.1 Å². The fourth-order valence-corrected chi connectivity index (χ4v) is 2.80. The molecule has 144 valence electrons. The summed E-state index contributed by atoms with van der Waals surface area (Å²) in [6.45, 7) is 6.54. The minimum Gasteiger partial charge on any atom is -0.318 e. The lowest BCUT2D eigenvalue weighted by molar-refractivity contribution is -0.384. The van der Waals surface area contributed by atoms with Crippen LogP contribution in [0.15, 0.2) is 24.3 Å². The number of anilines is 1. The van der Waals surface area contributed by atoms with Crippen LogP contribution in [0.2, 0.25) is 0 Å². The van der Waals surface area contributed by atoms with E-state index < -0.39 is 30.1 Å². The summed E-state index contributed by atoms with van der Waals surface area (Å²) in [4.78, 5) is 53.7. The molecule has 0 aliphatic heterocycles. The molecule has 0 saturated heterocycles. The minimum absolute atomic E-state index is 0.00858. The molecule has 2 amide bonds. The Morgan fingerprint density at radius 1 is 1.15 bits per heavy atom. The number of hydrogen-bond donors (Lipinski definition) is 2. The van der Waals surface area contributed by atoms with Gasteiger partial charge in [-0.15, -0.1) is 0 Å². The number of nitrogens with zero attached hydrogens (tertiary/aromatic N) is 3. The SMILES string of the molecule is CC(C)CC(=O)N(c1ccc([N+](=O)[O-])cc1)N(C(=O)P(=O)(O)O)C(C)C. The van der Waals surface area contributed by atoms with Crippen LogP contribution in [0, 0.1) is 16.0 Å². The lowest BCUT2D eigenvalue weighted by Crippen LogP contribution is -2.53. The highest BCUT2D eigenvalue weighted by atomic mass is 31.2. The van der Waals surface area contributed by atoms with Gasteiger partial charge in [0.05, 0.1) is 10.6 Å². The van der Waals surface area contributed by atoms with Crippen LogP contribution in [0.5, 0.6) is 0 Å². The van der Waals surface area contributed by atoms with Crippen LogP contribution in [-0.4, -0.2) is 37.3 Å². The summed E-state index contributed by atoms with van der Waals surface area (Å²) < 4.78 is 11.5. The molecule has 0 fully saturated rings. The third kappa shape index (κ3) is 5.35. The Morgan fingerprint density at radius 3 is 2.00 bits per heavy atom. The minimum atomic E-state index is -5.16. The Labute approximate surface area is 150 Å². The zero-order chi connectivity index (χ0) is 20.2. The van der Waals surface area contributed by atoms with Crippen molar-refractivity contribution in [3.05, 3.63) is 34.4 Å². The van der Waals surface area contributed by atoms with Crippen molar-refractivity contribution in [2.75, 3.05) is 5.01 Å². The second-order valence-corrected chi connectivity index (χ2v) is 7.81. The Kier molecular flexibility index (Phi) is 7.02. The molecule has 1 rings (SSSR count). The molecule has 26 heavy (non-hydrogen) atoms. The number of amides is 2. The summed E-state index contributed by atoms with van der Waals surface area (Å²) in [6.07, 6.45) is 0.00858. The number of carbonyl (C=O) groups is 2. The van der Waals surface area contributed by atoms with Crippen LogP contribution < -0.4 is 5.01 Å². The van der Waals surface area contributed by atoms with Gasteiger partial charge in [0.1, 0.15) is 0 Å². The van der Waals surface area contributed by atoms with Gasteiger partial charge in [-0.1, -0.05) is 13.8 Å². The second kappa shape index (κ2) is 8.39. The lowest BCUT2D eigenvalue weighted by Gasteiger charge is -2.37. The third-order valence-electron chi connectivity index (χ3n) is 3.27. The molecule has 0 bridgehead atoms. The smallest absolute Gasteiger partial charge is 0.318 e. The molecule has 0 saturated carbocycles. The monoisotopic (exact) mass is 387 g/mol. The van der Waals surface area contributed by atoms with E-state index in [2.05, 4.69) is 0 Å². The van der Waals surface area contributed by atoms with Crippen LogP contribution in [0.4, 0.5) is 16.2 Å². The van der Waals surface area contributed by atoms with Gasteiger partial charge in [0.15, 0.2) is 0 Å². The molecule has 2 N–H and O–H groups in total. The van der Waals surface area contributed by atoms with Gasteiger partial charge in [-0.2, -0.15) is 0 Å². The van der Waals surface area contributed by atoms with Gasteiger partial charge in [-0.05, 0) is 31.9 Å². The van der Waals surface area contributed by atoms with Crippen molar-refractivity contribution < 1.29 is 28.9 Å². The number of nitro benzene ring substituents is 1. The van der Waals surface area contributed by atoms with Gasteiger partial charge in [-0.25, -0.2) is 14.6 Å². The van der Waals surface area contributed by atoms with Crippen LogP contribution in [0.3, 0.4) is 0 Å². The van der Waals surface area contributed by atoms with Gasteiger partial charge in [0, 0.05) is 24.6 Å². The normalized spacial score (nSPS) is 11.5. The topological polar surface area (TPSA) is 141 Å². The van der Waals surface area contributed by atoms with Crippen LogP contribution in [-0.2, 0) is 9.36 Å². The molecule has 1 aromatic carbocycles. The maximum atomic E-state index is 12.7. The van der Waals surface area contributed by atoms with Crippen molar-refractivity contribution >= 4 is 30.5 Å². The van der Waals surface area contributed by atoms with Gasteiger partial charge in [0.2, 0.25) is 5.91 Å². The van der Waals surface area contributed by atoms with Crippen LogP contribution in [0.25, 0.3) is 0 Å². The van der Waals surface area contributed by atoms with Gasteiger partial charge in [-0.3, -0.25) is 19.7 Å². The predicted octanol–water partition coefficient (Wildman–Crippen LogP) is 2.90. The van der Waals surface area contributed by atoms with Crippen molar-refractivity contribution in [3.63, 3.8) is 0 Å². The molecule has 10 nitrogen and oxygen atoms in total. The van der Waals surface area contributed by atoms with E-state index in [4.69, 9.17) is 0 Å². The average Bonchev–Trinajstić information content (AvgIpc) is 2.49. The lowest BCUT2D eigenvalue weighted by atomic mass is 10.1. The molecule has 0 aliphatic rings.